The molecule has 0 spiro atoms. The number of aryl methyl sites for hydroxylation is 1. The second-order valence-corrected chi connectivity index (χ2v) is 6.04. The Morgan fingerprint density at radius 1 is 1.22 bits per heavy atom. The Morgan fingerprint density at radius 2 is 2.00 bits per heavy atom. The third-order valence-electron chi connectivity index (χ3n) is 2.65. The molecule has 0 saturated carbocycles. The van der Waals surface area contributed by atoms with Gasteiger partial charge in [-0.3, -0.25) is 4.21 Å². The van der Waals surface area contributed by atoms with E-state index in [2.05, 4.69) is 0 Å². The maximum Gasteiger partial charge on any atom is 0.0575 e. The lowest BCUT2D eigenvalue weighted by atomic mass is 10.2. The first-order valence-corrected chi connectivity index (χ1v) is 7.25. The highest BCUT2D eigenvalue weighted by atomic mass is 35.5. The minimum absolute atomic E-state index is 0.409. The molecule has 0 saturated heterocycles. The lowest BCUT2D eigenvalue weighted by molar-refractivity contribution is 0.682. The average molecular weight is 280 g/mol. The van der Waals surface area contributed by atoms with Gasteiger partial charge in [0, 0.05) is 15.6 Å². The van der Waals surface area contributed by atoms with Crippen LogP contribution >= 0.6 is 11.6 Å². The summed E-state index contributed by atoms with van der Waals surface area (Å²) >= 11 is 5.84. The van der Waals surface area contributed by atoms with Crippen LogP contribution in [0.15, 0.2) is 47.4 Å². The zero-order valence-electron chi connectivity index (χ0n) is 10.0. The molecule has 4 heteroatoms. The number of nitrogens with two attached hydrogens (primary N) is 1. The summed E-state index contributed by atoms with van der Waals surface area (Å²) in [5.74, 6) is 0.409. The van der Waals surface area contributed by atoms with E-state index in [1.54, 1.807) is 12.1 Å². The largest absolute Gasteiger partial charge is 0.398 e. The number of rotatable bonds is 3. The van der Waals surface area contributed by atoms with Gasteiger partial charge >= 0.3 is 0 Å². The molecule has 2 aromatic carbocycles. The molecule has 1 unspecified atom stereocenters. The molecule has 0 aliphatic heterocycles. The van der Waals surface area contributed by atoms with Crippen molar-refractivity contribution < 1.29 is 4.21 Å². The smallest absolute Gasteiger partial charge is 0.0575 e. The Bertz CT molecular complexity index is 598. The first-order chi connectivity index (χ1) is 8.56. The topological polar surface area (TPSA) is 43.1 Å². The van der Waals surface area contributed by atoms with Gasteiger partial charge in [-0.1, -0.05) is 29.8 Å². The highest BCUT2D eigenvalue weighted by molar-refractivity contribution is 7.84. The molecule has 0 amide bonds. The van der Waals surface area contributed by atoms with Crippen LogP contribution in [0.5, 0.6) is 0 Å². The predicted octanol–water partition coefficient (Wildman–Crippen LogP) is 3.54. The lowest BCUT2D eigenvalue weighted by Gasteiger charge is -2.07. The van der Waals surface area contributed by atoms with Gasteiger partial charge in [0.2, 0.25) is 0 Å². The summed E-state index contributed by atoms with van der Waals surface area (Å²) in [6, 6.07) is 13.0. The van der Waals surface area contributed by atoms with Gasteiger partial charge in [-0.2, -0.15) is 0 Å². The molecule has 0 aliphatic rings. The summed E-state index contributed by atoms with van der Waals surface area (Å²) in [5, 5.41) is 0.595. The lowest BCUT2D eigenvalue weighted by Crippen LogP contribution is -2.00. The van der Waals surface area contributed by atoms with Crippen molar-refractivity contribution >= 4 is 28.1 Å². The molecule has 2 N–H and O–H groups in total. The minimum atomic E-state index is -1.08. The summed E-state index contributed by atoms with van der Waals surface area (Å²) in [5.41, 5.74) is 8.41. The van der Waals surface area contributed by atoms with Crippen molar-refractivity contribution in [1.29, 1.82) is 0 Å². The Kier molecular flexibility index (Phi) is 4.04. The summed E-state index contributed by atoms with van der Waals surface area (Å²) < 4.78 is 12.2. The van der Waals surface area contributed by atoms with Crippen molar-refractivity contribution in [2.45, 2.75) is 17.6 Å². The molecule has 18 heavy (non-hydrogen) atoms. The Labute approximate surface area is 114 Å². The number of anilines is 1. The summed E-state index contributed by atoms with van der Waals surface area (Å²) in [6.45, 7) is 1.98. The SMILES string of the molecule is Cc1cccc(S(=O)Cc2ccc(Cl)cc2N)c1. The molecule has 94 valence electrons. The Balaban J connectivity index is 2.21. The maximum atomic E-state index is 12.2. The van der Waals surface area contributed by atoms with E-state index in [1.807, 2.05) is 37.3 Å². The summed E-state index contributed by atoms with van der Waals surface area (Å²) in [7, 11) is -1.08. The van der Waals surface area contributed by atoms with Crippen molar-refractivity contribution in [1.82, 2.24) is 0 Å². The van der Waals surface area contributed by atoms with Gasteiger partial charge in [0.05, 0.1) is 16.6 Å². The standard InChI is InChI=1S/C14H14ClNOS/c1-10-3-2-4-13(7-10)18(17)9-11-5-6-12(15)8-14(11)16/h2-8H,9,16H2,1H3. The molecule has 0 aliphatic carbocycles. The molecule has 0 fully saturated rings. The number of nitrogen functional groups attached to an aromatic ring is 1. The fourth-order valence-electron chi connectivity index (χ4n) is 1.68. The van der Waals surface area contributed by atoms with Gasteiger partial charge in [-0.15, -0.1) is 0 Å². The minimum Gasteiger partial charge on any atom is -0.398 e. The number of halogens is 1. The third kappa shape index (κ3) is 3.12. The zero-order valence-corrected chi connectivity index (χ0v) is 11.6. The van der Waals surface area contributed by atoms with Crippen LogP contribution in [0.3, 0.4) is 0 Å². The second kappa shape index (κ2) is 5.55. The molecule has 2 aromatic rings. The van der Waals surface area contributed by atoms with E-state index in [-0.39, 0.29) is 0 Å². The normalized spacial score (nSPS) is 12.3. The van der Waals surface area contributed by atoms with Gasteiger partial charge in [0.15, 0.2) is 0 Å². The van der Waals surface area contributed by atoms with Gasteiger partial charge < -0.3 is 5.73 Å². The maximum absolute atomic E-state index is 12.2. The summed E-state index contributed by atoms with van der Waals surface area (Å²) in [4.78, 5) is 0.823. The van der Waals surface area contributed by atoms with Crippen LogP contribution in [0.1, 0.15) is 11.1 Å². The summed E-state index contributed by atoms with van der Waals surface area (Å²) in [6.07, 6.45) is 0. The van der Waals surface area contributed by atoms with E-state index in [1.165, 1.54) is 0 Å². The zero-order chi connectivity index (χ0) is 13.1. The van der Waals surface area contributed by atoms with Crippen LogP contribution in [-0.2, 0) is 16.6 Å². The molecular weight excluding hydrogens is 266 g/mol. The first kappa shape index (κ1) is 13.1. The van der Waals surface area contributed by atoms with Crippen molar-refractivity contribution in [3.05, 3.63) is 58.6 Å². The van der Waals surface area contributed by atoms with Crippen molar-refractivity contribution in [2.24, 2.45) is 0 Å². The number of benzene rings is 2. The molecule has 0 heterocycles. The van der Waals surface area contributed by atoms with E-state index < -0.39 is 10.8 Å². The fourth-order valence-corrected chi connectivity index (χ4v) is 3.12. The van der Waals surface area contributed by atoms with Crippen LogP contribution in [0.2, 0.25) is 5.02 Å². The van der Waals surface area contributed by atoms with Gasteiger partial charge in [0.1, 0.15) is 0 Å². The van der Waals surface area contributed by atoms with E-state index in [4.69, 9.17) is 17.3 Å². The Hall–Kier alpha value is -1.32. The van der Waals surface area contributed by atoms with E-state index in [0.717, 1.165) is 16.0 Å². The fraction of sp³-hybridized carbons (Fsp3) is 0.143. The van der Waals surface area contributed by atoms with Crippen LogP contribution in [-0.4, -0.2) is 4.21 Å². The van der Waals surface area contributed by atoms with Gasteiger partial charge in [-0.25, -0.2) is 0 Å². The van der Waals surface area contributed by atoms with Crippen LogP contribution in [0.4, 0.5) is 5.69 Å². The highest BCUT2D eigenvalue weighted by Gasteiger charge is 2.08. The highest BCUT2D eigenvalue weighted by Crippen LogP contribution is 2.21. The van der Waals surface area contributed by atoms with Crippen molar-refractivity contribution in [2.75, 3.05) is 5.73 Å². The van der Waals surface area contributed by atoms with Crippen LogP contribution < -0.4 is 5.73 Å². The van der Waals surface area contributed by atoms with E-state index >= 15 is 0 Å². The Morgan fingerprint density at radius 3 is 2.67 bits per heavy atom. The van der Waals surface area contributed by atoms with E-state index in [9.17, 15) is 4.21 Å². The van der Waals surface area contributed by atoms with Crippen molar-refractivity contribution in [3.8, 4) is 0 Å². The quantitative estimate of drug-likeness (QED) is 0.874. The molecule has 0 bridgehead atoms. The van der Waals surface area contributed by atoms with Gasteiger partial charge in [0.25, 0.3) is 0 Å². The molecule has 2 nitrogen and oxygen atoms in total. The monoisotopic (exact) mass is 279 g/mol. The van der Waals surface area contributed by atoms with Crippen molar-refractivity contribution in [3.63, 3.8) is 0 Å². The molecule has 1 atom stereocenters. The molecular formula is C14H14ClNOS. The van der Waals surface area contributed by atoms with E-state index in [0.29, 0.717) is 16.5 Å². The molecule has 2 rings (SSSR count). The van der Waals surface area contributed by atoms with Gasteiger partial charge in [-0.05, 0) is 42.3 Å². The predicted molar refractivity (Wildman–Crippen MR) is 77.2 cm³/mol. The average Bonchev–Trinajstić information content (AvgIpc) is 2.32. The number of hydrogen-bond donors (Lipinski definition) is 1. The third-order valence-corrected chi connectivity index (χ3v) is 4.23. The molecule has 0 radical (unpaired) electrons. The van der Waals surface area contributed by atoms with Crippen LogP contribution in [0, 0.1) is 6.92 Å². The second-order valence-electron chi connectivity index (χ2n) is 4.15. The molecule has 0 aromatic heterocycles. The van der Waals surface area contributed by atoms with Crippen LogP contribution in [0.25, 0.3) is 0 Å². The first-order valence-electron chi connectivity index (χ1n) is 5.55. The number of hydrogen-bond acceptors (Lipinski definition) is 2.